The Morgan fingerprint density at radius 3 is 2.57 bits per heavy atom. The van der Waals surface area contributed by atoms with E-state index in [0.717, 1.165) is 18.4 Å². The molecule has 0 saturated carbocycles. The highest BCUT2D eigenvalue weighted by atomic mass is 16.2. The summed E-state index contributed by atoms with van der Waals surface area (Å²) >= 11 is 0. The van der Waals surface area contributed by atoms with Crippen LogP contribution in [0.2, 0.25) is 0 Å². The number of carbonyl (C=O) groups excluding carboxylic acids is 2. The molecular weight excluding hydrogens is 264 g/mol. The molecule has 114 valence electrons. The Bertz CT molecular complexity index is 483. The minimum Gasteiger partial charge on any atom is -0.353 e. The zero-order valence-corrected chi connectivity index (χ0v) is 12.8. The first-order chi connectivity index (χ1) is 10.1. The molecule has 1 heterocycles. The third-order valence-corrected chi connectivity index (χ3v) is 4.13. The smallest absolute Gasteiger partial charge is 0.225 e. The van der Waals surface area contributed by atoms with Gasteiger partial charge in [0, 0.05) is 25.6 Å². The first-order valence-electron chi connectivity index (χ1n) is 7.76. The van der Waals surface area contributed by atoms with Gasteiger partial charge in [0.1, 0.15) is 0 Å². The molecule has 2 amide bonds. The van der Waals surface area contributed by atoms with Crippen molar-refractivity contribution >= 4 is 11.8 Å². The summed E-state index contributed by atoms with van der Waals surface area (Å²) in [5.74, 6) is -0.113. The Morgan fingerprint density at radius 2 is 1.95 bits per heavy atom. The molecule has 1 N–H and O–H groups in total. The Balaban J connectivity index is 1.91. The maximum absolute atomic E-state index is 12.2. The van der Waals surface area contributed by atoms with Gasteiger partial charge in [-0.3, -0.25) is 9.59 Å². The largest absolute Gasteiger partial charge is 0.353 e. The van der Waals surface area contributed by atoms with Gasteiger partial charge in [-0.05, 0) is 18.4 Å². The molecule has 4 nitrogen and oxygen atoms in total. The van der Waals surface area contributed by atoms with Crippen molar-refractivity contribution in [3.8, 4) is 0 Å². The van der Waals surface area contributed by atoms with Crippen molar-refractivity contribution in [3.05, 3.63) is 35.9 Å². The van der Waals surface area contributed by atoms with Crippen LogP contribution < -0.4 is 5.32 Å². The Morgan fingerprint density at radius 1 is 1.29 bits per heavy atom. The predicted octanol–water partition coefficient (Wildman–Crippen LogP) is 2.34. The summed E-state index contributed by atoms with van der Waals surface area (Å²) in [7, 11) is 0. The molecule has 1 aromatic rings. The van der Waals surface area contributed by atoms with E-state index in [2.05, 4.69) is 19.2 Å². The lowest BCUT2D eigenvalue weighted by atomic mass is 10.1. The summed E-state index contributed by atoms with van der Waals surface area (Å²) < 4.78 is 0. The third-order valence-electron chi connectivity index (χ3n) is 4.13. The van der Waals surface area contributed by atoms with Crippen LogP contribution in [0, 0.1) is 5.92 Å². The fourth-order valence-corrected chi connectivity index (χ4v) is 2.72. The van der Waals surface area contributed by atoms with E-state index in [0.29, 0.717) is 19.5 Å². The number of carbonyl (C=O) groups is 2. The molecule has 1 atom stereocenters. The number of nitrogens with one attached hydrogen (secondary N) is 1. The molecule has 0 bridgehead atoms. The van der Waals surface area contributed by atoms with Crippen LogP contribution in [0.5, 0.6) is 0 Å². The molecule has 1 fully saturated rings. The van der Waals surface area contributed by atoms with Gasteiger partial charge in [0.15, 0.2) is 0 Å². The summed E-state index contributed by atoms with van der Waals surface area (Å²) in [5.41, 5.74) is 1.10. The lowest BCUT2D eigenvalue weighted by Gasteiger charge is -2.19. The van der Waals surface area contributed by atoms with Crippen LogP contribution in [0.3, 0.4) is 0 Å². The second-order valence-corrected chi connectivity index (χ2v) is 5.68. The average Bonchev–Trinajstić information content (AvgIpc) is 2.87. The number of likely N-dealkylation sites (tertiary alicyclic amines) is 1. The van der Waals surface area contributed by atoms with E-state index in [4.69, 9.17) is 0 Å². The van der Waals surface area contributed by atoms with Crippen LogP contribution in [-0.2, 0) is 16.1 Å². The highest BCUT2D eigenvalue weighted by Crippen LogP contribution is 2.20. The lowest BCUT2D eigenvalue weighted by molar-refractivity contribution is -0.129. The second-order valence-electron chi connectivity index (χ2n) is 5.68. The highest BCUT2D eigenvalue weighted by molar-refractivity contribution is 5.89. The van der Waals surface area contributed by atoms with Crippen molar-refractivity contribution in [2.75, 3.05) is 6.54 Å². The molecule has 2 rings (SSSR count). The molecule has 0 spiro atoms. The number of amides is 2. The van der Waals surface area contributed by atoms with Gasteiger partial charge >= 0.3 is 0 Å². The van der Waals surface area contributed by atoms with Crippen LogP contribution >= 0.6 is 0 Å². The normalized spacial score (nSPS) is 18.3. The van der Waals surface area contributed by atoms with E-state index in [-0.39, 0.29) is 23.8 Å². The van der Waals surface area contributed by atoms with Crippen molar-refractivity contribution in [3.63, 3.8) is 0 Å². The average molecular weight is 288 g/mol. The molecule has 21 heavy (non-hydrogen) atoms. The zero-order valence-electron chi connectivity index (χ0n) is 12.8. The number of hydrogen-bond donors (Lipinski definition) is 1. The van der Waals surface area contributed by atoms with Crippen molar-refractivity contribution in [1.82, 2.24) is 10.2 Å². The Hall–Kier alpha value is -1.84. The topological polar surface area (TPSA) is 49.4 Å². The quantitative estimate of drug-likeness (QED) is 0.873. The molecule has 0 unspecified atom stereocenters. The minimum atomic E-state index is -0.207. The maximum atomic E-state index is 12.2. The van der Waals surface area contributed by atoms with Gasteiger partial charge in [0.05, 0.1) is 5.92 Å². The van der Waals surface area contributed by atoms with Crippen molar-refractivity contribution in [1.29, 1.82) is 0 Å². The molecule has 1 aliphatic heterocycles. The van der Waals surface area contributed by atoms with E-state index < -0.39 is 0 Å². The number of rotatable bonds is 6. The minimum absolute atomic E-state index is 0.0209. The van der Waals surface area contributed by atoms with Crippen LogP contribution in [-0.4, -0.2) is 29.3 Å². The van der Waals surface area contributed by atoms with Gasteiger partial charge in [-0.25, -0.2) is 0 Å². The van der Waals surface area contributed by atoms with Crippen molar-refractivity contribution in [2.45, 2.75) is 45.7 Å². The molecule has 1 aliphatic rings. The van der Waals surface area contributed by atoms with E-state index in [1.165, 1.54) is 0 Å². The van der Waals surface area contributed by atoms with Crippen LogP contribution in [0.25, 0.3) is 0 Å². The molecule has 0 radical (unpaired) electrons. The van der Waals surface area contributed by atoms with Gasteiger partial charge in [0.25, 0.3) is 0 Å². The van der Waals surface area contributed by atoms with Crippen LogP contribution in [0.4, 0.5) is 0 Å². The summed E-state index contributed by atoms with van der Waals surface area (Å²) in [4.78, 5) is 26.1. The number of benzene rings is 1. The molecule has 4 heteroatoms. The number of nitrogens with zero attached hydrogens (tertiary/aromatic N) is 1. The van der Waals surface area contributed by atoms with E-state index >= 15 is 0 Å². The SMILES string of the molecule is CCC(CC)NC(=O)[C@H]1CC(=O)N(Cc2ccccc2)C1. The molecule has 0 aromatic heterocycles. The standard InChI is InChI=1S/C17H24N2O2/c1-3-15(4-2)18-17(21)14-10-16(20)19(12-14)11-13-8-6-5-7-9-13/h5-9,14-15H,3-4,10-12H2,1-2H3,(H,18,21)/t14-/m0/s1. The monoisotopic (exact) mass is 288 g/mol. The van der Waals surface area contributed by atoms with Gasteiger partial charge in [-0.2, -0.15) is 0 Å². The van der Waals surface area contributed by atoms with Gasteiger partial charge in [-0.1, -0.05) is 44.2 Å². The number of hydrogen-bond acceptors (Lipinski definition) is 2. The van der Waals surface area contributed by atoms with Gasteiger partial charge < -0.3 is 10.2 Å². The second kappa shape index (κ2) is 7.25. The third kappa shape index (κ3) is 4.06. The summed E-state index contributed by atoms with van der Waals surface area (Å²) in [6.45, 7) is 5.25. The van der Waals surface area contributed by atoms with Crippen molar-refractivity contribution < 1.29 is 9.59 Å². The lowest BCUT2D eigenvalue weighted by Crippen LogP contribution is -2.39. The molecule has 1 saturated heterocycles. The van der Waals surface area contributed by atoms with Gasteiger partial charge in [-0.15, -0.1) is 0 Å². The fourth-order valence-electron chi connectivity index (χ4n) is 2.72. The van der Waals surface area contributed by atoms with Crippen LogP contribution in [0.15, 0.2) is 30.3 Å². The van der Waals surface area contributed by atoms with Crippen molar-refractivity contribution in [2.24, 2.45) is 5.92 Å². The molecule has 1 aromatic carbocycles. The van der Waals surface area contributed by atoms with Gasteiger partial charge in [0.2, 0.25) is 11.8 Å². The first kappa shape index (κ1) is 15.5. The Labute approximate surface area is 126 Å². The fraction of sp³-hybridized carbons (Fsp3) is 0.529. The maximum Gasteiger partial charge on any atom is 0.225 e. The molecule has 0 aliphatic carbocycles. The van der Waals surface area contributed by atoms with E-state index in [9.17, 15) is 9.59 Å². The molecular formula is C17H24N2O2. The van der Waals surface area contributed by atoms with Crippen LogP contribution in [0.1, 0.15) is 38.7 Å². The summed E-state index contributed by atoms with van der Waals surface area (Å²) in [6.07, 6.45) is 2.19. The van der Waals surface area contributed by atoms with E-state index in [1.54, 1.807) is 4.90 Å². The van der Waals surface area contributed by atoms with E-state index in [1.807, 2.05) is 30.3 Å². The Kier molecular flexibility index (Phi) is 5.37. The highest BCUT2D eigenvalue weighted by Gasteiger charge is 2.34. The predicted molar refractivity (Wildman–Crippen MR) is 82.5 cm³/mol. The summed E-state index contributed by atoms with van der Waals surface area (Å²) in [5, 5.41) is 3.05. The first-order valence-corrected chi connectivity index (χ1v) is 7.76. The summed E-state index contributed by atoms with van der Waals surface area (Å²) in [6, 6.07) is 10.1. The zero-order chi connectivity index (χ0) is 15.2.